The van der Waals surface area contributed by atoms with Gasteiger partial charge in [0.1, 0.15) is 6.54 Å². The zero-order chi connectivity index (χ0) is 6.74. The fraction of sp³-hybridized carbons (Fsp3) is 0.750. The van der Waals surface area contributed by atoms with Crippen LogP contribution in [0, 0.1) is 12.3 Å². The molecule has 1 saturated heterocycles. The van der Waals surface area contributed by atoms with Crippen molar-refractivity contribution in [2.24, 2.45) is 0 Å². The Hall–Kier alpha value is -0.190. The van der Waals surface area contributed by atoms with Gasteiger partial charge in [-0.2, -0.15) is 0 Å². The summed E-state index contributed by atoms with van der Waals surface area (Å²) in [6.07, 6.45) is 7.95. The number of hydrogen-bond donors (Lipinski definition) is 0. The second-order valence-corrected chi connectivity index (χ2v) is 3.14. The molecular weight excluding hydrogens is 146 g/mol. The van der Waals surface area contributed by atoms with Crippen LogP contribution in [0.15, 0.2) is 0 Å². The normalized spacial score (nSPS) is 21.2. The molecule has 0 aromatic heterocycles. The van der Waals surface area contributed by atoms with E-state index >= 15 is 0 Å². The molecule has 1 nitrogen and oxygen atoms in total. The lowest BCUT2D eigenvalue weighted by Crippen LogP contribution is -3.00. The lowest BCUT2D eigenvalue weighted by atomic mass is 10.4. The maximum absolute atomic E-state index is 5.23. The summed E-state index contributed by atoms with van der Waals surface area (Å²) in [5.41, 5.74) is 0. The first-order valence-electron chi connectivity index (χ1n) is 3.54. The largest absolute Gasteiger partial charge is 1.00 e. The van der Waals surface area contributed by atoms with Gasteiger partial charge >= 0.3 is 0 Å². The SMILES string of the molecule is C#CC[N+]1(C)CCCC1.[Cl-]. The lowest BCUT2D eigenvalue weighted by molar-refractivity contribution is -0.890. The highest BCUT2D eigenvalue weighted by atomic mass is 35.5. The second kappa shape index (κ2) is 3.85. The lowest BCUT2D eigenvalue weighted by Gasteiger charge is -2.25. The monoisotopic (exact) mass is 159 g/mol. The predicted molar refractivity (Wildman–Crippen MR) is 38.9 cm³/mol. The Labute approximate surface area is 69.4 Å². The van der Waals surface area contributed by atoms with Gasteiger partial charge in [0.05, 0.1) is 20.1 Å². The van der Waals surface area contributed by atoms with Crippen LogP contribution in [0.2, 0.25) is 0 Å². The molecule has 0 spiro atoms. The van der Waals surface area contributed by atoms with Crippen LogP contribution in [-0.2, 0) is 0 Å². The van der Waals surface area contributed by atoms with Crippen molar-refractivity contribution >= 4 is 0 Å². The van der Waals surface area contributed by atoms with Crippen molar-refractivity contribution in [3.63, 3.8) is 0 Å². The van der Waals surface area contributed by atoms with Gasteiger partial charge in [0.15, 0.2) is 0 Å². The summed E-state index contributed by atoms with van der Waals surface area (Å²) in [5, 5.41) is 0. The van der Waals surface area contributed by atoms with E-state index in [-0.39, 0.29) is 12.4 Å². The highest BCUT2D eigenvalue weighted by molar-refractivity contribution is 4.83. The van der Waals surface area contributed by atoms with Gasteiger partial charge in [-0.15, -0.1) is 6.42 Å². The van der Waals surface area contributed by atoms with Crippen LogP contribution in [-0.4, -0.2) is 31.2 Å². The first-order valence-corrected chi connectivity index (χ1v) is 3.54. The van der Waals surface area contributed by atoms with Gasteiger partial charge in [-0.1, -0.05) is 0 Å². The van der Waals surface area contributed by atoms with E-state index in [4.69, 9.17) is 6.42 Å². The van der Waals surface area contributed by atoms with Crippen LogP contribution < -0.4 is 12.4 Å². The number of halogens is 1. The third kappa shape index (κ3) is 2.21. The van der Waals surface area contributed by atoms with E-state index in [2.05, 4.69) is 13.0 Å². The molecule has 10 heavy (non-hydrogen) atoms. The third-order valence-electron chi connectivity index (χ3n) is 2.12. The maximum atomic E-state index is 5.23. The standard InChI is InChI=1S/C8H14N.ClH/c1-3-6-9(2)7-4-5-8-9;/h1H,4-8H2,2H3;1H/q+1;/p-1. The molecule has 1 fully saturated rings. The van der Waals surface area contributed by atoms with Crippen molar-refractivity contribution < 1.29 is 16.9 Å². The Kier molecular flexibility index (Phi) is 3.78. The molecule has 0 unspecified atom stereocenters. The van der Waals surface area contributed by atoms with Gasteiger partial charge < -0.3 is 16.9 Å². The minimum absolute atomic E-state index is 0. The van der Waals surface area contributed by atoms with Crippen molar-refractivity contribution in [3.05, 3.63) is 0 Å². The van der Waals surface area contributed by atoms with Gasteiger partial charge in [-0.25, -0.2) is 0 Å². The molecule has 0 N–H and O–H groups in total. The highest BCUT2D eigenvalue weighted by Gasteiger charge is 2.24. The quantitative estimate of drug-likeness (QED) is 0.303. The average molecular weight is 160 g/mol. The summed E-state index contributed by atoms with van der Waals surface area (Å²) < 4.78 is 1.11. The van der Waals surface area contributed by atoms with Gasteiger partial charge in [0.25, 0.3) is 0 Å². The van der Waals surface area contributed by atoms with E-state index in [1.165, 1.54) is 25.9 Å². The molecule has 1 heterocycles. The summed E-state index contributed by atoms with van der Waals surface area (Å²) in [4.78, 5) is 0. The zero-order valence-corrected chi connectivity index (χ0v) is 7.19. The van der Waals surface area contributed by atoms with E-state index < -0.39 is 0 Å². The average Bonchev–Trinajstić information content (AvgIpc) is 2.16. The van der Waals surface area contributed by atoms with E-state index in [1.54, 1.807) is 0 Å². The Bertz CT molecular complexity index is 131. The van der Waals surface area contributed by atoms with E-state index in [0.717, 1.165) is 11.0 Å². The molecule has 58 valence electrons. The van der Waals surface area contributed by atoms with Gasteiger partial charge in [0.2, 0.25) is 0 Å². The van der Waals surface area contributed by atoms with Crippen molar-refractivity contribution in [2.75, 3.05) is 26.7 Å². The summed E-state index contributed by atoms with van der Waals surface area (Å²) in [5.74, 6) is 2.72. The van der Waals surface area contributed by atoms with Crippen molar-refractivity contribution in [3.8, 4) is 12.3 Å². The number of rotatable bonds is 1. The van der Waals surface area contributed by atoms with Crippen LogP contribution >= 0.6 is 0 Å². The van der Waals surface area contributed by atoms with Crippen LogP contribution in [0.1, 0.15) is 12.8 Å². The first kappa shape index (κ1) is 9.81. The predicted octanol–water partition coefficient (Wildman–Crippen LogP) is -2.14. The first-order chi connectivity index (χ1) is 4.27. The fourth-order valence-corrected chi connectivity index (χ4v) is 1.48. The van der Waals surface area contributed by atoms with E-state index in [1.807, 2.05) is 0 Å². The molecule has 1 aliphatic rings. The van der Waals surface area contributed by atoms with Gasteiger partial charge in [-0.05, 0) is 5.92 Å². The summed E-state index contributed by atoms with van der Waals surface area (Å²) in [6, 6.07) is 0. The molecule has 0 aliphatic carbocycles. The molecule has 0 atom stereocenters. The topological polar surface area (TPSA) is 0 Å². The van der Waals surface area contributed by atoms with Crippen molar-refractivity contribution in [1.82, 2.24) is 0 Å². The highest BCUT2D eigenvalue weighted by Crippen LogP contribution is 2.14. The number of nitrogens with zero attached hydrogens (tertiary/aromatic N) is 1. The molecule has 0 saturated carbocycles. The summed E-state index contributed by atoms with van der Waals surface area (Å²) in [6.45, 7) is 3.48. The fourth-order valence-electron chi connectivity index (χ4n) is 1.48. The molecule has 0 aromatic rings. The Morgan fingerprint density at radius 1 is 1.40 bits per heavy atom. The van der Waals surface area contributed by atoms with Crippen LogP contribution in [0.5, 0.6) is 0 Å². The number of hydrogen-bond acceptors (Lipinski definition) is 0. The van der Waals surface area contributed by atoms with Crippen LogP contribution in [0.4, 0.5) is 0 Å². The Morgan fingerprint density at radius 3 is 2.30 bits per heavy atom. The maximum Gasteiger partial charge on any atom is 0.140 e. The van der Waals surface area contributed by atoms with Crippen LogP contribution in [0.3, 0.4) is 0 Å². The minimum atomic E-state index is 0. The Balaban J connectivity index is 0.000000810. The third-order valence-corrected chi connectivity index (χ3v) is 2.12. The molecular formula is C8H14ClN. The zero-order valence-electron chi connectivity index (χ0n) is 6.44. The number of quaternary nitrogens is 1. The summed E-state index contributed by atoms with van der Waals surface area (Å²) >= 11 is 0. The van der Waals surface area contributed by atoms with Crippen molar-refractivity contribution in [2.45, 2.75) is 12.8 Å². The molecule has 1 aliphatic heterocycles. The second-order valence-electron chi connectivity index (χ2n) is 3.14. The smallest absolute Gasteiger partial charge is 0.140 e. The number of terminal acetylenes is 1. The van der Waals surface area contributed by atoms with Gasteiger partial charge in [-0.3, -0.25) is 0 Å². The molecule has 1 rings (SSSR count). The molecule has 0 aromatic carbocycles. The van der Waals surface area contributed by atoms with E-state index in [0.29, 0.717) is 0 Å². The Morgan fingerprint density at radius 2 is 1.90 bits per heavy atom. The van der Waals surface area contributed by atoms with Crippen LogP contribution in [0.25, 0.3) is 0 Å². The van der Waals surface area contributed by atoms with E-state index in [9.17, 15) is 0 Å². The summed E-state index contributed by atoms with van der Waals surface area (Å²) in [7, 11) is 2.24. The molecule has 0 bridgehead atoms. The molecule has 0 radical (unpaired) electrons. The van der Waals surface area contributed by atoms with Gasteiger partial charge in [0, 0.05) is 12.8 Å². The minimum Gasteiger partial charge on any atom is -1.00 e. The number of likely N-dealkylation sites (tertiary alicyclic amines) is 1. The molecule has 2 heteroatoms. The molecule has 0 amide bonds. The van der Waals surface area contributed by atoms with Crippen molar-refractivity contribution in [1.29, 1.82) is 0 Å².